The third kappa shape index (κ3) is 1.03. The van der Waals surface area contributed by atoms with Crippen LogP contribution in [0.1, 0.15) is 5.56 Å². The first-order valence-corrected chi connectivity index (χ1v) is 4.36. The number of pyridine rings is 1. The van der Waals surface area contributed by atoms with Crippen LogP contribution < -0.4 is 4.74 Å². The zero-order valence-corrected chi connectivity index (χ0v) is 8.13. The molecule has 0 spiro atoms. The molecule has 4 heteroatoms. The van der Waals surface area contributed by atoms with Crippen molar-refractivity contribution in [1.29, 1.82) is 0 Å². The highest BCUT2D eigenvalue weighted by Crippen LogP contribution is 2.37. The second-order valence-corrected chi connectivity index (χ2v) is 3.26. The minimum absolute atomic E-state index is 0.591. The number of hydrogen-bond donors (Lipinski definition) is 0. The van der Waals surface area contributed by atoms with E-state index in [1.165, 1.54) is 0 Å². The van der Waals surface area contributed by atoms with Gasteiger partial charge in [-0.25, -0.2) is 4.98 Å². The van der Waals surface area contributed by atoms with Gasteiger partial charge >= 0.3 is 0 Å². The number of hydrogen-bond acceptors (Lipinski definition) is 3. The van der Waals surface area contributed by atoms with Crippen molar-refractivity contribution in [2.75, 3.05) is 7.11 Å². The van der Waals surface area contributed by atoms with E-state index in [0.29, 0.717) is 5.88 Å². The summed E-state index contributed by atoms with van der Waals surface area (Å²) in [5, 5.41) is 0. The fraction of sp³-hybridized carbons (Fsp3) is 0.250. The fourth-order valence-electron chi connectivity index (χ4n) is 1.16. The number of rotatable bonds is 1. The first kappa shape index (κ1) is 7.73. The molecule has 1 aliphatic rings. The van der Waals surface area contributed by atoms with Crippen molar-refractivity contribution in [3.63, 3.8) is 0 Å². The number of halogens is 1. The predicted octanol–water partition coefficient (Wildman–Crippen LogP) is 2.11. The largest absolute Gasteiger partial charge is 0.480 e. The molecule has 0 atom stereocenters. The monoisotopic (exact) mass is 226 g/mol. The van der Waals surface area contributed by atoms with Gasteiger partial charge < -0.3 is 4.74 Å². The molecule has 0 aromatic carbocycles. The van der Waals surface area contributed by atoms with E-state index < -0.39 is 0 Å². The molecule has 0 amide bonds. The highest BCUT2D eigenvalue weighted by atomic mass is 79.9. The summed E-state index contributed by atoms with van der Waals surface area (Å²) in [7, 11) is 1.60. The van der Waals surface area contributed by atoms with Gasteiger partial charge in [-0.2, -0.15) is 0 Å². The van der Waals surface area contributed by atoms with Crippen LogP contribution in [0.25, 0.3) is 0 Å². The number of aliphatic imine (C=N–C) groups is 1. The summed E-state index contributed by atoms with van der Waals surface area (Å²) in [6, 6.07) is 0. The summed E-state index contributed by atoms with van der Waals surface area (Å²) in [5.41, 5.74) is 2.09. The lowest BCUT2D eigenvalue weighted by Crippen LogP contribution is -1.90. The first-order chi connectivity index (χ1) is 5.83. The Kier molecular flexibility index (Phi) is 1.84. The van der Waals surface area contributed by atoms with Gasteiger partial charge in [0.05, 0.1) is 12.8 Å². The highest BCUT2D eigenvalue weighted by Gasteiger charge is 2.14. The molecule has 0 unspecified atom stereocenters. The van der Waals surface area contributed by atoms with E-state index in [-0.39, 0.29) is 0 Å². The normalized spacial score (nSPS) is 13.2. The van der Waals surface area contributed by atoms with Crippen LogP contribution in [0.3, 0.4) is 0 Å². The van der Waals surface area contributed by atoms with Gasteiger partial charge in [0, 0.05) is 24.4 Å². The molecule has 1 aliphatic heterocycles. The molecule has 0 bridgehead atoms. The molecule has 0 saturated carbocycles. The van der Waals surface area contributed by atoms with Gasteiger partial charge in [-0.3, -0.25) is 4.99 Å². The summed E-state index contributed by atoms with van der Waals surface area (Å²) in [5.74, 6) is 0.591. The molecule has 2 heterocycles. The lowest BCUT2D eigenvalue weighted by Gasteiger charge is -2.04. The number of fused-ring (bicyclic) bond motifs is 1. The predicted molar refractivity (Wildman–Crippen MR) is 50.3 cm³/mol. The van der Waals surface area contributed by atoms with Crippen LogP contribution in [0, 0.1) is 0 Å². The van der Waals surface area contributed by atoms with Crippen molar-refractivity contribution in [1.82, 2.24) is 4.98 Å². The van der Waals surface area contributed by atoms with Crippen LogP contribution in [0.5, 0.6) is 5.88 Å². The summed E-state index contributed by atoms with van der Waals surface area (Å²) >= 11 is 3.39. The SMILES string of the molecule is COc1ncc2c(c1Br)N=CC2. The maximum atomic E-state index is 5.04. The molecule has 0 radical (unpaired) electrons. The Bertz CT molecular complexity index is 349. The third-order valence-electron chi connectivity index (χ3n) is 1.76. The number of ether oxygens (including phenoxy) is 1. The van der Waals surface area contributed by atoms with E-state index in [4.69, 9.17) is 4.74 Å². The van der Waals surface area contributed by atoms with E-state index in [1.807, 2.05) is 6.21 Å². The average Bonchev–Trinajstić information content (AvgIpc) is 2.53. The van der Waals surface area contributed by atoms with Gasteiger partial charge in [0.1, 0.15) is 4.47 Å². The van der Waals surface area contributed by atoms with E-state index in [0.717, 1.165) is 22.1 Å². The molecule has 0 aliphatic carbocycles. The highest BCUT2D eigenvalue weighted by molar-refractivity contribution is 9.10. The Morgan fingerprint density at radius 1 is 1.58 bits per heavy atom. The topological polar surface area (TPSA) is 34.5 Å². The van der Waals surface area contributed by atoms with Crippen molar-refractivity contribution in [2.45, 2.75) is 6.42 Å². The average molecular weight is 227 g/mol. The molecular weight excluding hydrogens is 220 g/mol. The molecule has 0 saturated heterocycles. The van der Waals surface area contributed by atoms with Crippen LogP contribution in [0.2, 0.25) is 0 Å². The van der Waals surface area contributed by atoms with Crippen molar-refractivity contribution in [3.05, 3.63) is 16.2 Å². The maximum Gasteiger partial charge on any atom is 0.229 e. The van der Waals surface area contributed by atoms with Crippen molar-refractivity contribution in [3.8, 4) is 5.88 Å². The number of aromatic nitrogens is 1. The van der Waals surface area contributed by atoms with Crippen LogP contribution >= 0.6 is 15.9 Å². The van der Waals surface area contributed by atoms with Gasteiger partial charge in [0.2, 0.25) is 5.88 Å². The quantitative estimate of drug-likeness (QED) is 0.736. The standard InChI is InChI=1S/C8H7BrN2O/c1-12-8-6(9)7-5(4-11-8)2-3-10-7/h3-4H,2H2,1H3. The second-order valence-electron chi connectivity index (χ2n) is 2.47. The summed E-state index contributed by atoms with van der Waals surface area (Å²) in [6.07, 6.45) is 4.54. The first-order valence-electron chi connectivity index (χ1n) is 3.57. The molecule has 2 rings (SSSR count). The van der Waals surface area contributed by atoms with E-state index in [1.54, 1.807) is 13.3 Å². The zero-order valence-electron chi connectivity index (χ0n) is 6.54. The smallest absolute Gasteiger partial charge is 0.229 e. The minimum Gasteiger partial charge on any atom is -0.480 e. The summed E-state index contributed by atoms with van der Waals surface area (Å²) in [4.78, 5) is 8.33. The molecule has 3 nitrogen and oxygen atoms in total. The van der Waals surface area contributed by atoms with E-state index >= 15 is 0 Å². The van der Waals surface area contributed by atoms with Crippen molar-refractivity contribution in [2.24, 2.45) is 4.99 Å². The van der Waals surface area contributed by atoms with Crippen LogP contribution in [0.15, 0.2) is 15.7 Å². The minimum atomic E-state index is 0.591. The van der Waals surface area contributed by atoms with Gasteiger partial charge in [-0.15, -0.1) is 0 Å². The Balaban J connectivity index is 2.60. The van der Waals surface area contributed by atoms with Gasteiger partial charge in [0.25, 0.3) is 0 Å². The van der Waals surface area contributed by atoms with Crippen molar-refractivity contribution < 1.29 is 4.74 Å². The van der Waals surface area contributed by atoms with Crippen molar-refractivity contribution >= 4 is 27.8 Å². The molecule has 0 N–H and O–H groups in total. The molecule has 12 heavy (non-hydrogen) atoms. The summed E-state index contributed by atoms with van der Waals surface area (Å²) in [6.45, 7) is 0. The van der Waals surface area contributed by atoms with Crippen LogP contribution in [-0.4, -0.2) is 18.3 Å². The van der Waals surface area contributed by atoms with Crippen LogP contribution in [-0.2, 0) is 6.42 Å². The lowest BCUT2D eigenvalue weighted by atomic mass is 10.2. The maximum absolute atomic E-state index is 5.04. The zero-order chi connectivity index (χ0) is 8.55. The molecular formula is C8H7BrN2O. The van der Waals surface area contributed by atoms with E-state index in [9.17, 15) is 0 Å². The lowest BCUT2D eigenvalue weighted by molar-refractivity contribution is 0.395. The Morgan fingerprint density at radius 3 is 3.17 bits per heavy atom. The second kappa shape index (κ2) is 2.86. The molecule has 62 valence electrons. The molecule has 1 aromatic heterocycles. The van der Waals surface area contributed by atoms with Gasteiger partial charge in [0.15, 0.2) is 0 Å². The van der Waals surface area contributed by atoms with E-state index in [2.05, 4.69) is 25.9 Å². The molecule has 1 aromatic rings. The number of nitrogens with zero attached hydrogens (tertiary/aromatic N) is 2. The molecule has 0 fully saturated rings. The third-order valence-corrected chi connectivity index (χ3v) is 2.48. The van der Waals surface area contributed by atoms with Gasteiger partial charge in [-0.1, -0.05) is 0 Å². The Morgan fingerprint density at radius 2 is 2.42 bits per heavy atom. The Hall–Kier alpha value is -0.900. The Labute approximate surface area is 78.6 Å². The van der Waals surface area contributed by atoms with Crippen LogP contribution in [0.4, 0.5) is 5.69 Å². The fourth-order valence-corrected chi connectivity index (χ4v) is 1.78. The summed E-state index contributed by atoms with van der Waals surface area (Å²) < 4.78 is 5.88. The van der Waals surface area contributed by atoms with Gasteiger partial charge in [-0.05, 0) is 15.9 Å². The number of methoxy groups -OCH3 is 1.